The molecule has 1 aliphatic rings. The average Bonchev–Trinajstić information content (AvgIpc) is 3.23. The predicted octanol–water partition coefficient (Wildman–Crippen LogP) is 3.09. The van der Waals surface area contributed by atoms with Crippen LogP contribution in [0.25, 0.3) is 0 Å². The highest BCUT2D eigenvalue weighted by Gasteiger charge is 2.34. The van der Waals surface area contributed by atoms with Gasteiger partial charge in [-0.15, -0.1) is 0 Å². The maximum Gasteiger partial charge on any atom is 0.272 e. The van der Waals surface area contributed by atoms with Crippen LogP contribution < -0.4 is 10.1 Å². The van der Waals surface area contributed by atoms with E-state index in [0.717, 1.165) is 12.2 Å². The zero-order valence-electron chi connectivity index (χ0n) is 16.9. The number of carbonyl (C=O) groups is 2. The first-order valence-electron chi connectivity index (χ1n) is 9.99. The Morgan fingerprint density at radius 3 is 2.70 bits per heavy atom. The third kappa shape index (κ3) is 5.14. The number of amides is 2. The number of nitro groups is 1. The molecule has 8 heteroatoms. The van der Waals surface area contributed by atoms with E-state index in [1.165, 1.54) is 18.2 Å². The maximum atomic E-state index is 12.9. The minimum absolute atomic E-state index is 0.0278. The molecule has 0 saturated carbocycles. The molecule has 1 saturated heterocycles. The summed E-state index contributed by atoms with van der Waals surface area (Å²) in [5.41, 5.74) is 0.749. The molecule has 0 aliphatic carbocycles. The van der Waals surface area contributed by atoms with Crippen LogP contribution in [0.1, 0.15) is 35.2 Å². The number of nitro benzene ring substituents is 1. The van der Waals surface area contributed by atoms with Gasteiger partial charge in [0.05, 0.1) is 11.5 Å². The molecule has 1 aliphatic heterocycles. The van der Waals surface area contributed by atoms with Gasteiger partial charge in [-0.05, 0) is 50.5 Å². The van der Waals surface area contributed by atoms with E-state index in [1.807, 2.05) is 30.3 Å². The number of carbonyl (C=O) groups excluding carboxylic acids is 2. The minimum atomic E-state index is -0.525. The second-order valence-electron chi connectivity index (χ2n) is 7.22. The van der Waals surface area contributed by atoms with Gasteiger partial charge < -0.3 is 15.0 Å². The van der Waals surface area contributed by atoms with E-state index < -0.39 is 11.0 Å². The van der Waals surface area contributed by atoms with Crippen molar-refractivity contribution in [3.8, 4) is 5.75 Å². The van der Waals surface area contributed by atoms with Gasteiger partial charge in [0, 0.05) is 30.3 Å². The van der Waals surface area contributed by atoms with Crippen molar-refractivity contribution in [3.05, 3.63) is 69.8 Å². The first-order chi connectivity index (χ1) is 14.5. The molecule has 3 rings (SSSR count). The standard InChI is InChI=1S/C22H25N3O5/c1-16-15-17(10-11-19(16)25(28)29)22(27)24-13-5-9-20(24)21(26)23-12-6-14-30-18-7-3-2-4-8-18/h2-4,7-8,10-11,15,20H,5-6,9,12-14H2,1H3,(H,23,26). The van der Waals surface area contributed by atoms with Gasteiger partial charge in [-0.3, -0.25) is 19.7 Å². The highest BCUT2D eigenvalue weighted by molar-refractivity contribution is 5.98. The molecule has 2 aromatic carbocycles. The van der Waals surface area contributed by atoms with Crippen LogP contribution >= 0.6 is 0 Å². The molecular formula is C22H25N3O5. The summed E-state index contributed by atoms with van der Waals surface area (Å²) in [6.07, 6.45) is 2.00. The zero-order valence-corrected chi connectivity index (χ0v) is 16.9. The zero-order chi connectivity index (χ0) is 21.5. The average molecular weight is 411 g/mol. The van der Waals surface area contributed by atoms with Crippen LogP contribution in [0.2, 0.25) is 0 Å². The van der Waals surface area contributed by atoms with Gasteiger partial charge in [0.1, 0.15) is 11.8 Å². The topological polar surface area (TPSA) is 102 Å². The van der Waals surface area contributed by atoms with Crippen molar-refractivity contribution in [1.29, 1.82) is 0 Å². The van der Waals surface area contributed by atoms with E-state index in [1.54, 1.807) is 11.8 Å². The van der Waals surface area contributed by atoms with Crippen LogP contribution in [0, 0.1) is 17.0 Å². The lowest BCUT2D eigenvalue weighted by Crippen LogP contribution is -2.46. The molecule has 0 spiro atoms. The Hall–Kier alpha value is -3.42. The molecular weight excluding hydrogens is 386 g/mol. The van der Waals surface area contributed by atoms with Crippen molar-refractivity contribution < 1.29 is 19.2 Å². The lowest BCUT2D eigenvalue weighted by molar-refractivity contribution is -0.385. The molecule has 2 aromatic rings. The number of hydrogen-bond donors (Lipinski definition) is 1. The number of hydrogen-bond acceptors (Lipinski definition) is 5. The molecule has 0 bridgehead atoms. The number of benzene rings is 2. The quantitative estimate of drug-likeness (QED) is 0.409. The lowest BCUT2D eigenvalue weighted by atomic mass is 10.1. The minimum Gasteiger partial charge on any atom is -0.494 e. The molecule has 1 fully saturated rings. The summed E-state index contributed by atoms with van der Waals surface area (Å²) in [6.45, 7) is 3.03. The summed E-state index contributed by atoms with van der Waals surface area (Å²) < 4.78 is 5.60. The van der Waals surface area contributed by atoms with Crippen molar-refractivity contribution in [1.82, 2.24) is 10.2 Å². The molecule has 1 unspecified atom stereocenters. The molecule has 1 atom stereocenters. The SMILES string of the molecule is Cc1cc(C(=O)N2CCCC2C(=O)NCCCOc2ccccc2)ccc1[N+](=O)[O-]. The predicted molar refractivity (Wildman–Crippen MR) is 111 cm³/mol. The van der Waals surface area contributed by atoms with Crippen LogP contribution in [0.5, 0.6) is 5.75 Å². The maximum absolute atomic E-state index is 12.9. The highest BCUT2D eigenvalue weighted by atomic mass is 16.6. The van der Waals surface area contributed by atoms with Gasteiger partial charge >= 0.3 is 0 Å². The Balaban J connectivity index is 1.51. The molecule has 1 N–H and O–H groups in total. The molecule has 0 aromatic heterocycles. The molecule has 158 valence electrons. The van der Waals surface area contributed by atoms with Crippen molar-refractivity contribution in [2.75, 3.05) is 19.7 Å². The Kier molecular flexibility index (Phi) is 7.00. The van der Waals surface area contributed by atoms with Crippen molar-refractivity contribution in [2.45, 2.75) is 32.2 Å². The van der Waals surface area contributed by atoms with Crippen LogP contribution in [-0.2, 0) is 4.79 Å². The van der Waals surface area contributed by atoms with Gasteiger partial charge in [0.2, 0.25) is 5.91 Å². The van der Waals surface area contributed by atoms with E-state index >= 15 is 0 Å². The number of nitrogens with zero attached hydrogens (tertiary/aromatic N) is 2. The van der Waals surface area contributed by atoms with Crippen molar-refractivity contribution >= 4 is 17.5 Å². The molecule has 0 radical (unpaired) electrons. The van der Waals surface area contributed by atoms with E-state index in [9.17, 15) is 19.7 Å². The second-order valence-corrected chi connectivity index (χ2v) is 7.22. The number of rotatable bonds is 8. The molecule has 1 heterocycles. The third-order valence-corrected chi connectivity index (χ3v) is 5.09. The summed E-state index contributed by atoms with van der Waals surface area (Å²) in [5.74, 6) is 0.326. The van der Waals surface area contributed by atoms with Gasteiger partial charge in [-0.1, -0.05) is 18.2 Å². The number of ether oxygens (including phenoxy) is 1. The fraction of sp³-hybridized carbons (Fsp3) is 0.364. The largest absolute Gasteiger partial charge is 0.494 e. The van der Waals surface area contributed by atoms with Crippen LogP contribution in [-0.4, -0.2) is 47.4 Å². The fourth-order valence-electron chi connectivity index (χ4n) is 3.55. The smallest absolute Gasteiger partial charge is 0.272 e. The number of para-hydroxylation sites is 1. The van der Waals surface area contributed by atoms with Gasteiger partial charge in [0.15, 0.2) is 0 Å². The van der Waals surface area contributed by atoms with E-state index in [0.29, 0.717) is 43.7 Å². The lowest BCUT2D eigenvalue weighted by Gasteiger charge is -2.24. The first kappa shape index (κ1) is 21.3. The van der Waals surface area contributed by atoms with E-state index in [-0.39, 0.29) is 17.5 Å². The van der Waals surface area contributed by atoms with Crippen LogP contribution in [0.15, 0.2) is 48.5 Å². The summed E-state index contributed by atoms with van der Waals surface area (Å²) in [4.78, 5) is 37.5. The van der Waals surface area contributed by atoms with Gasteiger partial charge in [0.25, 0.3) is 11.6 Å². The highest BCUT2D eigenvalue weighted by Crippen LogP contribution is 2.24. The van der Waals surface area contributed by atoms with Crippen LogP contribution in [0.3, 0.4) is 0 Å². The molecule has 2 amide bonds. The Labute approximate surface area is 175 Å². The van der Waals surface area contributed by atoms with E-state index in [2.05, 4.69) is 5.32 Å². The normalized spacial score (nSPS) is 15.6. The van der Waals surface area contributed by atoms with Gasteiger partial charge in [-0.2, -0.15) is 0 Å². The van der Waals surface area contributed by atoms with Crippen molar-refractivity contribution in [3.63, 3.8) is 0 Å². The third-order valence-electron chi connectivity index (χ3n) is 5.09. The molecule has 30 heavy (non-hydrogen) atoms. The first-order valence-corrected chi connectivity index (χ1v) is 9.99. The summed E-state index contributed by atoms with van der Waals surface area (Å²) in [7, 11) is 0. The summed E-state index contributed by atoms with van der Waals surface area (Å²) in [6, 6.07) is 13.2. The number of aryl methyl sites for hydroxylation is 1. The monoisotopic (exact) mass is 411 g/mol. The second kappa shape index (κ2) is 9.87. The summed E-state index contributed by atoms with van der Waals surface area (Å²) >= 11 is 0. The Bertz CT molecular complexity index is 916. The van der Waals surface area contributed by atoms with Gasteiger partial charge in [-0.25, -0.2) is 0 Å². The molecule has 8 nitrogen and oxygen atoms in total. The van der Waals surface area contributed by atoms with Crippen molar-refractivity contribution in [2.24, 2.45) is 0 Å². The van der Waals surface area contributed by atoms with E-state index in [4.69, 9.17) is 4.74 Å². The Morgan fingerprint density at radius 2 is 2.00 bits per heavy atom. The van der Waals surface area contributed by atoms with Crippen LogP contribution in [0.4, 0.5) is 5.69 Å². The number of likely N-dealkylation sites (tertiary alicyclic amines) is 1. The Morgan fingerprint density at radius 1 is 1.23 bits per heavy atom. The fourth-order valence-corrected chi connectivity index (χ4v) is 3.55. The summed E-state index contributed by atoms with van der Waals surface area (Å²) in [5, 5.41) is 13.9. The number of nitrogens with one attached hydrogen (secondary N) is 1.